The van der Waals surface area contributed by atoms with Crippen LogP contribution < -0.4 is 4.90 Å². The first-order valence-electron chi connectivity index (χ1n) is 11.6. The normalized spacial score (nSPS) is 19.8. The second-order valence-electron chi connectivity index (χ2n) is 8.89. The van der Waals surface area contributed by atoms with E-state index in [1.54, 1.807) is 24.3 Å². The van der Waals surface area contributed by atoms with Crippen LogP contribution in [-0.4, -0.2) is 33.1 Å². The Morgan fingerprint density at radius 1 is 1.14 bits per heavy atom. The minimum absolute atomic E-state index is 0.00493. The van der Waals surface area contributed by atoms with Crippen molar-refractivity contribution in [1.29, 1.82) is 0 Å². The second kappa shape index (κ2) is 10.3. The molecule has 1 saturated heterocycles. The number of carbonyl (C=O) groups excluding carboxylic acids is 2. The number of nitrogens with zero attached hydrogens (tertiary/aromatic N) is 3. The number of aliphatic hydroxyl groups excluding tert-OH is 1. The van der Waals surface area contributed by atoms with E-state index >= 15 is 0 Å². The van der Waals surface area contributed by atoms with Crippen molar-refractivity contribution in [2.45, 2.75) is 24.5 Å². The lowest BCUT2D eigenvalue weighted by Gasteiger charge is -2.45. The molecule has 1 fully saturated rings. The highest BCUT2D eigenvalue weighted by molar-refractivity contribution is 7.78. The Labute approximate surface area is 229 Å². The van der Waals surface area contributed by atoms with Crippen LogP contribution in [0.1, 0.15) is 34.7 Å². The SMILES string of the molecule is CN(c1cccc(CO)c1)c1cccc(C2(c3ccsc3)CC(=O)C(c3ccccc3Cl)C(=O)N2S)n1. The molecule has 6 nitrogen and oxygen atoms in total. The average molecular weight is 550 g/mol. The molecule has 0 spiro atoms. The molecule has 3 heterocycles. The fourth-order valence-electron chi connectivity index (χ4n) is 4.80. The molecule has 1 aliphatic heterocycles. The van der Waals surface area contributed by atoms with Crippen molar-refractivity contribution in [2.24, 2.45) is 0 Å². The van der Waals surface area contributed by atoms with Gasteiger partial charge in [0.25, 0.3) is 0 Å². The van der Waals surface area contributed by atoms with Gasteiger partial charge in [-0.2, -0.15) is 11.3 Å². The van der Waals surface area contributed by atoms with E-state index in [1.165, 1.54) is 15.6 Å². The van der Waals surface area contributed by atoms with E-state index in [9.17, 15) is 14.7 Å². The highest BCUT2D eigenvalue weighted by Crippen LogP contribution is 2.48. The number of benzene rings is 2. The largest absolute Gasteiger partial charge is 0.392 e. The molecule has 1 N–H and O–H groups in total. The number of hydrogen-bond donors (Lipinski definition) is 2. The Kier molecular flexibility index (Phi) is 7.09. The maximum atomic E-state index is 13.8. The summed E-state index contributed by atoms with van der Waals surface area (Å²) in [6.45, 7) is -0.0676. The number of rotatable bonds is 6. The van der Waals surface area contributed by atoms with E-state index in [4.69, 9.17) is 29.4 Å². The Bertz CT molecular complexity index is 1460. The number of carbonyl (C=O) groups is 2. The minimum Gasteiger partial charge on any atom is -0.392 e. The molecule has 2 unspecified atom stereocenters. The quantitative estimate of drug-likeness (QED) is 0.237. The first-order valence-corrected chi connectivity index (χ1v) is 13.3. The Hall–Kier alpha value is -3.17. The minimum atomic E-state index is -1.20. The van der Waals surface area contributed by atoms with Crippen LogP contribution in [-0.2, 0) is 21.7 Å². The molecule has 0 aliphatic carbocycles. The summed E-state index contributed by atoms with van der Waals surface area (Å²) < 4.78 is 1.35. The van der Waals surface area contributed by atoms with Crippen LogP contribution in [0.25, 0.3) is 0 Å². The third-order valence-electron chi connectivity index (χ3n) is 6.77. The molecule has 1 aliphatic rings. The molecule has 0 saturated carbocycles. The third kappa shape index (κ3) is 4.44. The first-order chi connectivity index (χ1) is 17.9. The van der Waals surface area contributed by atoms with Crippen LogP contribution in [0.2, 0.25) is 5.02 Å². The first kappa shape index (κ1) is 25.5. The molecule has 4 aromatic rings. The average Bonchev–Trinajstić information content (AvgIpc) is 3.47. The number of aliphatic hydroxyl groups is 1. The maximum Gasteiger partial charge on any atom is 0.248 e. The van der Waals surface area contributed by atoms with Gasteiger partial charge in [0.1, 0.15) is 17.3 Å². The number of halogens is 1. The summed E-state index contributed by atoms with van der Waals surface area (Å²) in [6, 6.07) is 21.9. The second-order valence-corrected chi connectivity index (χ2v) is 10.5. The number of anilines is 2. The molecule has 9 heteroatoms. The van der Waals surface area contributed by atoms with Gasteiger partial charge >= 0.3 is 0 Å². The molecule has 0 bridgehead atoms. The number of thiol groups is 1. The van der Waals surface area contributed by atoms with E-state index in [-0.39, 0.29) is 18.8 Å². The molecular formula is C28H24ClN3O3S2. The monoisotopic (exact) mass is 549 g/mol. The van der Waals surface area contributed by atoms with Crippen molar-refractivity contribution >= 4 is 58.9 Å². The topological polar surface area (TPSA) is 73.7 Å². The van der Waals surface area contributed by atoms with Crippen LogP contribution in [0.5, 0.6) is 0 Å². The molecular weight excluding hydrogens is 526 g/mol. The van der Waals surface area contributed by atoms with E-state index in [0.29, 0.717) is 22.1 Å². The van der Waals surface area contributed by atoms with Gasteiger partial charge < -0.3 is 10.0 Å². The van der Waals surface area contributed by atoms with Gasteiger partial charge in [-0.1, -0.05) is 60.8 Å². The molecule has 188 valence electrons. The number of piperidine rings is 1. The van der Waals surface area contributed by atoms with Gasteiger partial charge in [-0.05, 0) is 63.8 Å². The van der Waals surface area contributed by atoms with Crippen molar-refractivity contribution in [3.8, 4) is 0 Å². The number of aromatic nitrogens is 1. The number of thiophene rings is 1. The predicted molar refractivity (Wildman–Crippen MR) is 149 cm³/mol. The van der Waals surface area contributed by atoms with E-state index in [0.717, 1.165) is 16.8 Å². The number of ketones is 1. The van der Waals surface area contributed by atoms with Crippen LogP contribution in [0.3, 0.4) is 0 Å². The number of amides is 1. The van der Waals surface area contributed by atoms with E-state index < -0.39 is 17.4 Å². The Morgan fingerprint density at radius 3 is 2.65 bits per heavy atom. The zero-order valence-corrected chi connectivity index (χ0v) is 22.4. The van der Waals surface area contributed by atoms with Crippen LogP contribution in [0.4, 0.5) is 11.5 Å². The molecule has 5 rings (SSSR count). The molecule has 1 amide bonds. The van der Waals surface area contributed by atoms with Crippen LogP contribution in [0.15, 0.2) is 83.6 Å². The lowest BCUT2D eigenvalue weighted by Crippen LogP contribution is -2.54. The predicted octanol–water partition coefficient (Wildman–Crippen LogP) is 5.73. The van der Waals surface area contributed by atoms with Gasteiger partial charge in [0, 0.05) is 24.2 Å². The van der Waals surface area contributed by atoms with E-state index in [1.807, 2.05) is 71.2 Å². The summed E-state index contributed by atoms with van der Waals surface area (Å²) in [5.74, 6) is -1.11. The maximum absolute atomic E-state index is 13.8. The number of pyridine rings is 1. The Morgan fingerprint density at radius 2 is 1.92 bits per heavy atom. The van der Waals surface area contributed by atoms with Gasteiger partial charge in [0.2, 0.25) is 5.91 Å². The van der Waals surface area contributed by atoms with Crippen molar-refractivity contribution < 1.29 is 14.7 Å². The number of Topliss-reactive ketones (excluding diaryl/α,β-unsaturated/α-hetero) is 1. The summed E-state index contributed by atoms with van der Waals surface area (Å²) in [7, 11) is 1.88. The number of hydrogen-bond acceptors (Lipinski definition) is 7. The van der Waals surface area contributed by atoms with Crippen LogP contribution in [0, 0.1) is 0 Å². The lowest BCUT2D eigenvalue weighted by atomic mass is 9.75. The summed E-state index contributed by atoms with van der Waals surface area (Å²) in [4.78, 5) is 34.3. The van der Waals surface area contributed by atoms with Gasteiger partial charge in [0.05, 0.1) is 12.3 Å². The van der Waals surface area contributed by atoms with E-state index in [2.05, 4.69) is 0 Å². The standard InChI is InChI=1S/C28H24ClN3O3S2/c1-31(20-7-4-6-18(14-20)16-33)25-11-5-10-24(30-25)28(19-12-13-37-17-19)15-23(34)26(27(35)32(28)36)21-8-2-3-9-22(21)29/h2-14,17,26,33,36H,15-16H2,1H3. The van der Waals surface area contributed by atoms with Crippen molar-refractivity contribution in [1.82, 2.24) is 9.29 Å². The zero-order valence-electron chi connectivity index (χ0n) is 19.9. The molecule has 0 radical (unpaired) electrons. The fourth-order valence-corrected chi connectivity index (χ4v) is 6.17. The summed E-state index contributed by atoms with van der Waals surface area (Å²) >= 11 is 12.6. The van der Waals surface area contributed by atoms with Crippen molar-refractivity contribution in [2.75, 3.05) is 11.9 Å². The van der Waals surface area contributed by atoms with Crippen molar-refractivity contribution in [3.05, 3.63) is 111 Å². The third-order valence-corrected chi connectivity index (χ3v) is 8.33. The molecule has 2 atom stereocenters. The van der Waals surface area contributed by atoms with Gasteiger partial charge in [-0.25, -0.2) is 4.98 Å². The smallest absolute Gasteiger partial charge is 0.248 e. The molecule has 2 aromatic carbocycles. The van der Waals surface area contributed by atoms with Gasteiger partial charge in [-0.3, -0.25) is 13.9 Å². The lowest BCUT2D eigenvalue weighted by molar-refractivity contribution is -0.142. The van der Waals surface area contributed by atoms with Gasteiger partial charge in [0.15, 0.2) is 5.78 Å². The van der Waals surface area contributed by atoms with Crippen LogP contribution >= 0.6 is 35.8 Å². The Balaban J connectivity index is 1.60. The molecule has 2 aromatic heterocycles. The summed E-state index contributed by atoms with van der Waals surface area (Å²) in [5, 5.41) is 13.7. The fraction of sp³-hybridized carbons (Fsp3) is 0.179. The highest BCUT2D eigenvalue weighted by atomic mass is 35.5. The highest BCUT2D eigenvalue weighted by Gasteiger charge is 2.53. The summed E-state index contributed by atoms with van der Waals surface area (Å²) in [6.07, 6.45) is -0.00493. The molecule has 37 heavy (non-hydrogen) atoms. The van der Waals surface area contributed by atoms with Crippen molar-refractivity contribution in [3.63, 3.8) is 0 Å². The van der Waals surface area contributed by atoms with Gasteiger partial charge in [-0.15, -0.1) is 0 Å². The zero-order chi connectivity index (χ0) is 26.2. The summed E-state index contributed by atoms with van der Waals surface area (Å²) in [5.41, 5.74) is 2.20.